The molecule has 4 heteroatoms. The Morgan fingerprint density at radius 3 is 2.43 bits per heavy atom. The number of aromatic nitrogens is 1. The first kappa shape index (κ1) is 11.0. The molecule has 0 N–H and O–H groups in total. The zero-order chi connectivity index (χ0) is 10.6. The first-order valence-electron chi connectivity index (χ1n) is 4.42. The molecule has 0 amide bonds. The fourth-order valence-electron chi connectivity index (χ4n) is 1.05. The molecular formula is C10H13NO2S. The van der Waals surface area contributed by atoms with E-state index >= 15 is 0 Å². The Labute approximate surface area is 87.5 Å². The highest BCUT2D eigenvalue weighted by molar-refractivity contribution is 8.13. The number of nitrogens with zero attached hydrogens (tertiary/aromatic N) is 1. The van der Waals surface area contributed by atoms with Crippen LogP contribution in [0.1, 0.15) is 18.6 Å². The van der Waals surface area contributed by atoms with Gasteiger partial charge in [-0.2, -0.15) is 0 Å². The van der Waals surface area contributed by atoms with Crippen molar-refractivity contribution in [1.29, 1.82) is 0 Å². The van der Waals surface area contributed by atoms with Gasteiger partial charge in [0.15, 0.2) is 5.12 Å². The monoisotopic (exact) mass is 211 g/mol. The third-order valence-electron chi connectivity index (χ3n) is 1.82. The lowest BCUT2D eigenvalue weighted by atomic mass is 10.2. The second-order valence-electron chi connectivity index (χ2n) is 3.13. The van der Waals surface area contributed by atoms with E-state index in [1.807, 2.05) is 19.1 Å². The standard InChI is InChI=1S/C10H13NO2S/c1-8(7-14-9(2)12)10(13)11-5-3-4-6-11/h3-6,8H,7H2,1-2H3. The van der Waals surface area contributed by atoms with E-state index in [0.717, 1.165) is 0 Å². The number of carbonyl (C=O) groups excluding carboxylic acids is 2. The van der Waals surface area contributed by atoms with Gasteiger partial charge < -0.3 is 0 Å². The van der Waals surface area contributed by atoms with Gasteiger partial charge in [0.05, 0.1) is 0 Å². The normalized spacial score (nSPS) is 12.4. The Kier molecular flexibility index (Phi) is 3.95. The second kappa shape index (κ2) is 5.00. The van der Waals surface area contributed by atoms with Crippen molar-refractivity contribution in [3.63, 3.8) is 0 Å². The highest BCUT2D eigenvalue weighted by Gasteiger charge is 2.14. The number of hydrogen-bond donors (Lipinski definition) is 0. The lowest BCUT2D eigenvalue weighted by Crippen LogP contribution is -2.20. The van der Waals surface area contributed by atoms with Crippen LogP contribution in [0.4, 0.5) is 0 Å². The minimum Gasteiger partial charge on any atom is -0.294 e. The molecule has 0 aliphatic rings. The molecular weight excluding hydrogens is 198 g/mol. The van der Waals surface area contributed by atoms with Crippen molar-refractivity contribution in [2.45, 2.75) is 13.8 Å². The third-order valence-corrected chi connectivity index (χ3v) is 2.89. The predicted octanol–water partition coefficient (Wildman–Crippen LogP) is 2.04. The molecule has 0 saturated carbocycles. The summed E-state index contributed by atoms with van der Waals surface area (Å²) in [5, 5.41) is 0.0529. The average Bonchev–Trinajstić information content (AvgIpc) is 2.65. The maximum Gasteiger partial charge on any atom is 0.234 e. The van der Waals surface area contributed by atoms with Crippen LogP contribution >= 0.6 is 11.8 Å². The van der Waals surface area contributed by atoms with Crippen LogP contribution in [-0.2, 0) is 4.79 Å². The van der Waals surface area contributed by atoms with Gasteiger partial charge in [-0.05, 0) is 12.1 Å². The van der Waals surface area contributed by atoms with E-state index in [-0.39, 0.29) is 16.9 Å². The van der Waals surface area contributed by atoms with Gasteiger partial charge in [0.2, 0.25) is 5.91 Å². The van der Waals surface area contributed by atoms with E-state index in [4.69, 9.17) is 0 Å². The fourth-order valence-corrected chi connectivity index (χ4v) is 1.68. The number of thioether (sulfide) groups is 1. The summed E-state index contributed by atoms with van der Waals surface area (Å²) in [7, 11) is 0. The summed E-state index contributed by atoms with van der Waals surface area (Å²) >= 11 is 1.19. The van der Waals surface area contributed by atoms with E-state index < -0.39 is 0 Å². The van der Waals surface area contributed by atoms with Gasteiger partial charge in [-0.25, -0.2) is 0 Å². The number of hydrogen-bond acceptors (Lipinski definition) is 3. The van der Waals surface area contributed by atoms with E-state index in [9.17, 15) is 9.59 Å². The molecule has 1 rings (SSSR count). The fraction of sp³-hybridized carbons (Fsp3) is 0.400. The van der Waals surface area contributed by atoms with Crippen LogP contribution in [0, 0.1) is 5.92 Å². The quantitative estimate of drug-likeness (QED) is 0.768. The highest BCUT2D eigenvalue weighted by Crippen LogP contribution is 2.11. The van der Waals surface area contributed by atoms with Crippen LogP contribution < -0.4 is 0 Å². The van der Waals surface area contributed by atoms with Crippen LogP contribution in [0.2, 0.25) is 0 Å². The van der Waals surface area contributed by atoms with Gasteiger partial charge in [0, 0.05) is 31.0 Å². The van der Waals surface area contributed by atoms with E-state index in [2.05, 4.69) is 0 Å². The van der Waals surface area contributed by atoms with Crippen LogP contribution in [0.15, 0.2) is 24.5 Å². The van der Waals surface area contributed by atoms with Gasteiger partial charge >= 0.3 is 0 Å². The zero-order valence-corrected chi connectivity index (χ0v) is 9.08. The van der Waals surface area contributed by atoms with Gasteiger partial charge in [0.1, 0.15) is 0 Å². The van der Waals surface area contributed by atoms with Crippen molar-refractivity contribution >= 4 is 22.8 Å². The highest BCUT2D eigenvalue weighted by atomic mass is 32.2. The molecule has 3 nitrogen and oxygen atoms in total. The summed E-state index contributed by atoms with van der Waals surface area (Å²) in [4.78, 5) is 22.4. The minimum atomic E-state index is -0.128. The summed E-state index contributed by atoms with van der Waals surface area (Å²) in [6, 6.07) is 3.62. The summed E-state index contributed by atoms with van der Waals surface area (Å²) in [6.45, 7) is 3.34. The number of carbonyl (C=O) groups is 2. The molecule has 1 aromatic heterocycles. The topological polar surface area (TPSA) is 39.1 Å². The van der Waals surface area contributed by atoms with Crippen molar-refractivity contribution in [1.82, 2.24) is 4.57 Å². The maximum atomic E-state index is 11.7. The SMILES string of the molecule is CC(=O)SCC(C)C(=O)n1cccc1. The smallest absolute Gasteiger partial charge is 0.234 e. The molecule has 1 aromatic rings. The van der Waals surface area contributed by atoms with Gasteiger partial charge in [-0.3, -0.25) is 14.2 Å². The Balaban J connectivity index is 2.49. The summed E-state index contributed by atoms with van der Waals surface area (Å²) in [5.41, 5.74) is 0. The molecule has 0 bridgehead atoms. The largest absolute Gasteiger partial charge is 0.294 e. The van der Waals surface area contributed by atoms with Crippen molar-refractivity contribution < 1.29 is 9.59 Å². The molecule has 0 radical (unpaired) electrons. The molecule has 0 saturated heterocycles. The van der Waals surface area contributed by atoms with E-state index in [0.29, 0.717) is 5.75 Å². The Morgan fingerprint density at radius 1 is 1.36 bits per heavy atom. The molecule has 0 spiro atoms. The number of rotatable bonds is 3. The van der Waals surface area contributed by atoms with E-state index in [1.54, 1.807) is 17.0 Å². The van der Waals surface area contributed by atoms with Crippen molar-refractivity contribution in [2.75, 3.05) is 5.75 Å². The summed E-state index contributed by atoms with van der Waals surface area (Å²) < 4.78 is 1.55. The van der Waals surface area contributed by atoms with Crippen LogP contribution in [0.25, 0.3) is 0 Å². The predicted molar refractivity (Wildman–Crippen MR) is 57.4 cm³/mol. The van der Waals surface area contributed by atoms with Gasteiger partial charge in [-0.1, -0.05) is 18.7 Å². The molecule has 1 unspecified atom stereocenters. The van der Waals surface area contributed by atoms with Crippen molar-refractivity contribution in [2.24, 2.45) is 5.92 Å². The maximum absolute atomic E-state index is 11.7. The van der Waals surface area contributed by atoms with Crippen LogP contribution in [0.3, 0.4) is 0 Å². The molecule has 1 heterocycles. The van der Waals surface area contributed by atoms with Crippen LogP contribution in [-0.4, -0.2) is 21.3 Å². The molecule has 0 fully saturated rings. The molecule has 14 heavy (non-hydrogen) atoms. The van der Waals surface area contributed by atoms with Crippen molar-refractivity contribution in [3.05, 3.63) is 24.5 Å². The Morgan fingerprint density at radius 2 is 1.93 bits per heavy atom. The minimum absolute atomic E-state index is 0.0313. The summed E-state index contributed by atoms with van der Waals surface area (Å²) in [6.07, 6.45) is 3.44. The average molecular weight is 211 g/mol. The zero-order valence-electron chi connectivity index (χ0n) is 8.27. The third kappa shape index (κ3) is 3.03. The second-order valence-corrected chi connectivity index (χ2v) is 4.33. The lowest BCUT2D eigenvalue weighted by Gasteiger charge is -2.08. The van der Waals surface area contributed by atoms with Crippen molar-refractivity contribution in [3.8, 4) is 0 Å². The first-order chi connectivity index (χ1) is 6.61. The van der Waals surface area contributed by atoms with Crippen LogP contribution in [0.5, 0.6) is 0 Å². The first-order valence-corrected chi connectivity index (χ1v) is 5.40. The van der Waals surface area contributed by atoms with Gasteiger partial charge in [-0.15, -0.1) is 0 Å². The molecule has 76 valence electrons. The lowest BCUT2D eigenvalue weighted by molar-refractivity contribution is -0.109. The molecule has 0 aliphatic carbocycles. The molecule has 0 aliphatic heterocycles. The van der Waals surface area contributed by atoms with E-state index in [1.165, 1.54) is 18.7 Å². The summed E-state index contributed by atoms with van der Waals surface area (Å²) in [5.74, 6) is 0.451. The Bertz CT molecular complexity index is 319. The molecule has 0 aromatic carbocycles. The molecule has 1 atom stereocenters. The Hall–Kier alpha value is -1.03. The van der Waals surface area contributed by atoms with Gasteiger partial charge in [0.25, 0.3) is 0 Å².